The standard InChI is InChI=1S/C17H15FN2O4S/c1-17(22,11-25(23,24)15-8-4-13(18)5-9-15)16(21)20-14-6-2-12(10-19)3-7-14/h2-9,22H,11H2,1H3,(H,20,21). The summed E-state index contributed by atoms with van der Waals surface area (Å²) in [6.45, 7) is 1.08. The molecule has 6 nitrogen and oxygen atoms in total. The van der Waals surface area contributed by atoms with Crippen molar-refractivity contribution in [2.24, 2.45) is 0 Å². The second kappa shape index (κ2) is 7.01. The highest BCUT2D eigenvalue weighted by molar-refractivity contribution is 7.91. The number of benzene rings is 2. The third-order valence-corrected chi connectivity index (χ3v) is 5.34. The third-order valence-electron chi connectivity index (χ3n) is 3.40. The Morgan fingerprint density at radius 2 is 1.76 bits per heavy atom. The fourth-order valence-corrected chi connectivity index (χ4v) is 3.64. The number of sulfone groups is 1. The normalized spacial score (nSPS) is 13.5. The highest BCUT2D eigenvalue weighted by atomic mass is 32.2. The summed E-state index contributed by atoms with van der Waals surface area (Å²) >= 11 is 0. The van der Waals surface area contributed by atoms with Crippen molar-refractivity contribution < 1.29 is 22.7 Å². The molecule has 0 saturated carbocycles. The minimum atomic E-state index is -4.00. The van der Waals surface area contributed by atoms with Crippen molar-refractivity contribution in [3.63, 3.8) is 0 Å². The molecule has 1 unspecified atom stereocenters. The van der Waals surface area contributed by atoms with Gasteiger partial charge < -0.3 is 10.4 Å². The summed E-state index contributed by atoms with van der Waals surface area (Å²) in [5.74, 6) is -2.37. The Hall–Kier alpha value is -2.76. The molecule has 25 heavy (non-hydrogen) atoms. The van der Waals surface area contributed by atoms with E-state index in [1.54, 1.807) is 0 Å². The van der Waals surface area contributed by atoms with Crippen molar-refractivity contribution in [3.05, 3.63) is 59.9 Å². The lowest BCUT2D eigenvalue weighted by Crippen LogP contribution is -2.45. The molecule has 0 aliphatic carbocycles. The van der Waals surface area contributed by atoms with Gasteiger partial charge in [-0.05, 0) is 55.5 Å². The van der Waals surface area contributed by atoms with E-state index in [0.717, 1.165) is 31.2 Å². The molecular formula is C17H15FN2O4S. The van der Waals surface area contributed by atoms with E-state index < -0.39 is 32.9 Å². The average Bonchev–Trinajstić information content (AvgIpc) is 2.55. The van der Waals surface area contributed by atoms with Gasteiger partial charge in [-0.3, -0.25) is 4.79 Å². The summed E-state index contributed by atoms with van der Waals surface area (Å²) in [6.07, 6.45) is 0. The summed E-state index contributed by atoms with van der Waals surface area (Å²) in [5, 5.41) is 21.4. The summed E-state index contributed by atoms with van der Waals surface area (Å²) in [7, 11) is -4.00. The Kier molecular flexibility index (Phi) is 5.21. The van der Waals surface area contributed by atoms with Crippen molar-refractivity contribution in [1.82, 2.24) is 0 Å². The molecule has 0 aliphatic rings. The van der Waals surface area contributed by atoms with Crippen LogP contribution in [0.2, 0.25) is 0 Å². The number of carbonyl (C=O) groups excluding carboxylic acids is 1. The second-order valence-corrected chi connectivity index (χ2v) is 7.62. The number of amides is 1. The first-order valence-electron chi connectivity index (χ1n) is 7.16. The number of aliphatic hydroxyl groups is 1. The van der Waals surface area contributed by atoms with Crippen LogP contribution in [0.3, 0.4) is 0 Å². The number of carbonyl (C=O) groups is 1. The van der Waals surface area contributed by atoms with Gasteiger partial charge in [-0.2, -0.15) is 5.26 Å². The third kappa shape index (κ3) is 4.62. The zero-order valence-corrected chi connectivity index (χ0v) is 14.0. The van der Waals surface area contributed by atoms with E-state index in [1.165, 1.54) is 24.3 Å². The fourth-order valence-electron chi connectivity index (χ4n) is 2.05. The number of hydrogen-bond acceptors (Lipinski definition) is 5. The van der Waals surface area contributed by atoms with Crippen LogP contribution in [-0.2, 0) is 14.6 Å². The first-order valence-corrected chi connectivity index (χ1v) is 8.82. The van der Waals surface area contributed by atoms with Gasteiger partial charge in [0.25, 0.3) is 5.91 Å². The highest BCUT2D eigenvalue weighted by Gasteiger charge is 2.36. The molecule has 2 aromatic carbocycles. The first kappa shape index (κ1) is 18.6. The first-order chi connectivity index (χ1) is 11.6. The summed E-state index contributed by atoms with van der Waals surface area (Å²) in [6, 6.07) is 11.9. The van der Waals surface area contributed by atoms with Gasteiger partial charge in [-0.1, -0.05) is 0 Å². The summed E-state index contributed by atoms with van der Waals surface area (Å²) < 4.78 is 37.5. The largest absolute Gasteiger partial charge is 0.379 e. The number of nitrogens with zero attached hydrogens (tertiary/aromatic N) is 1. The molecule has 2 N–H and O–H groups in total. The Labute approximate surface area is 144 Å². The van der Waals surface area contributed by atoms with Gasteiger partial charge in [-0.25, -0.2) is 12.8 Å². The Balaban J connectivity index is 2.14. The quantitative estimate of drug-likeness (QED) is 0.790. The molecule has 0 saturated heterocycles. The predicted molar refractivity (Wildman–Crippen MR) is 88.9 cm³/mol. The van der Waals surface area contributed by atoms with Crippen molar-refractivity contribution in [1.29, 1.82) is 5.26 Å². The molecule has 0 heterocycles. The van der Waals surface area contributed by atoms with Gasteiger partial charge in [0.15, 0.2) is 15.4 Å². The fraction of sp³-hybridized carbons (Fsp3) is 0.176. The summed E-state index contributed by atoms with van der Waals surface area (Å²) in [4.78, 5) is 12.0. The molecule has 0 aliphatic heterocycles. The van der Waals surface area contributed by atoms with Gasteiger partial charge in [0.2, 0.25) is 0 Å². The van der Waals surface area contributed by atoms with E-state index in [4.69, 9.17) is 5.26 Å². The smallest absolute Gasteiger partial charge is 0.257 e. The van der Waals surface area contributed by atoms with Crippen LogP contribution in [0.15, 0.2) is 53.4 Å². The Bertz CT molecular complexity index is 915. The number of hydrogen-bond donors (Lipinski definition) is 2. The SMILES string of the molecule is CC(O)(CS(=O)(=O)c1ccc(F)cc1)C(=O)Nc1ccc(C#N)cc1. The molecule has 0 fully saturated rings. The minimum Gasteiger partial charge on any atom is -0.379 e. The van der Waals surface area contributed by atoms with E-state index >= 15 is 0 Å². The number of rotatable bonds is 5. The summed E-state index contributed by atoms with van der Waals surface area (Å²) in [5.41, 5.74) is -1.51. The molecular weight excluding hydrogens is 347 g/mol. The lowest BCUT2D eigenvalue weighted by atomic mass is 10.1. The van der Waals surface area contributed by atoms with E-state index in [0.29, 0.717) is 11.3 Å². The molecule has 1 atom stereocenters. The van der Waals surface area contributed by atoms with Crippen LogP contribution in [0.25, 0.3) is 0 Å². The average molecular weight is 362 g/mol. The van der Waals surface area contributed by atoms with Gasteiger partial charge in [-0.15, -0.1) is 0 Å². The zero-order valence-electron chi connectivity index (χ0n) is 13.2. The lowest BCUT2D eigenvalue weighted by molar-refractivity contribution is -0.130. The number of anilines is 1. The van der Waals surface area contributed by atoms with Crippen LogP contribution < -0.4 is 5.32 Å². The van der Waals surface area contributed by atoms with E-state index in [-0.39, 0.29) is 4.90 Å². The highest BCUT2D eigenvalue weighted by Crippen LogP contribution is 2.19. The van der Waals surface area contributed by atoms with Gasteiger partial charge in [0.1, 0.15) is 5.82 Å². The monoisotopic (exact) mass is 362 g/mol. The van der Waals surface area contributed by atoms with Crippen LogP contribution >= 0.6 is 0 Å². The second-order valence-electron chi connectivity index (χ2n) is 5.63. The van der Waals surface area contributed by atoms with Gasteiger partial charge >= 0.3 is 0 Å². The Morgan fingerprint density at radius 1 is 1.20 bits per heavy atom. The zero-order chi connectivity index (χ0) is 18.7. The van der Waals surface area contributed by atoms with Crippen molar-refractivity contribution in [2.75, 3.05) is 11.1 Å². The maximum absolute atomic E-state index is 12.9. The van der Waals surface area contributed by atoms with Crippen LogP contribution in [-0.4, -0.2) is 30.8 Å². The van der Waals surface area contributed by atoms with Gasteiger partial charge in [0, 0.05) is 5.69 Å². The lowest BCUT2D eigenvalue weighted by Gasteiger charge is -2.22. The molecule has 130 valence electrons. The van der Waals surface area contributed by atoms with Crippen LogP contribution in [0.4, 0.5) is 10.1 Å². The predicted octanol–water partition coefficient (Wildman–Crippen LogP) is 1.86. The molecule has 2 aromatic rings. The molecule has 0 bridgehead atoms. The van der Waals surface area contributed by atoms with Gasteiger partial charge in [0.05, 0.1) is 22.3 Å². The van der Waals surface area contributed by atoms with Crippen molar-refractivity contribution in [2.45, 2.75) is 17.4 Å². The molecule has 8 heteroatoms. The van der Waals surface area contributed by atoms with Crippen LogP contribution in [0.1, 0.15) is 12.5 Å². The van der Waals surface area contributed by atoms with E-state index in [2.05, 4.69) is 5.32 Å². The number of nitrogens with one attached hydrogen (secondary N) is 1. The van der Waals surface area contributed by atoms with Crippen LogP contribution in [0.5, 0.6) is 0 Å². The number of nitriles is 1. The molecule has 0 aromatic heterocycles. The topological polar surface area (TPSA) is 107 Å². The number of halogens is 1. The molecule has 0 spiro atoms. The van der Waals surface area contributed by atoms with E-state index in [1.807, 2.05) is 6.07 Å². The van der Waals surface area contributed by atoms with E-state index in [9.17, 15) is 22.7 Å². The van der Waals surface area contributed by atoms with Crippen molar-refractivity contribution in [3.8, 4) is 6.07 Å². The maximum Gasteiger partial charge on any atom is 0.257 e. The Morgan fingerprint density at radius 3 is 2.28 bits per heavy atom. The molecule has 2 rings (SSSR count). The van der Waals surface area contributed by atoms with Crippen molar-refractivity contribution >= 4 is 21.4 Å². The molecule has 0 radical (unpaired) electrons. The minimum absolute atomic E-state index is 0.194. The maximum atomic E-state index is 12.9. The van der Waals surface area contributed by atoms with Crippen LogP contribution in [0, 0.1) is 17.1 Å². The molecule has 1 amide bonds.